The Labute approximate surface area is 138 Å². The van der Waals surface area contributed by atoms with Crippen LogP contribution in [-0.2, 0) is 6.54 Å². The van der Waals surface area contributed by atoms with E-state index in [1.165, 1.54) is 19.4 Å². The van der Waals surface area contributed by atoms with Crippen LogP contribution in [0.1, 0.15) is 18.5 Å². The Morgan fingerprint density at radius 3 is 2.86 bits per heavy atom. The maximum absolute atomic E-state index is 4.59. The molecule has 1 aromatic carbocycles. The molecule has 2 aromatic rings. The summed E-state index contributed by atoms with van der Waals surface area (Å²) in [5.74, 6) is 0.757. The van der Waals surface area contributed by atoms with E-state index in [2.05, 4.69) is 20.4 Å². The van der Waals surface area contributed by atoms with Crippen molar-refractivity contribution < 1.29 is 0 Å². The van der Waals surface area contributed by atoms with Gasteiger partial charge in [-0.1, -0.05) is 18.2 Å². The first kappa shape index (κ1) is 16.9. The monoisotopic (exact) mass is 321 g/mol. The van der Waals surface area contributed by atoms with Gasteiger partial charge in [-0.05, 0) is 51.0 Å². The van der Waals surface area contributed by atoms with E-state index >= 15 is 0 Å². The molecule has 5 nitrogen and oxygen atoms in total. The highest BCUT2D eigenvalue weighted by Gasteiger charge is 2.20. The second-order valence-electron chi connectivity index (χ2n) is 5.76. The zero-order valence-electron chi connectivity index (χ0n) is 13.0. The van der Waals surface area contributed by atoms with Crippen LogP contribution < -0.4 is 5.32 Å². The highest BCUT2D eigenvalue weighted by Crippen LogP contribution is 2.17. The number of hydrogen-bond acceptors (Lipinski definition) is 4. The number of nitrogens with one attached hydrogen (secondary N) is 1. The summed E-state index contributed by atoms with van der Waals surface area (Å²) in [5.41, 5.74) is 2.06. The Bertz CT molecular complexity index is 555. The van der Waals surface area contributed by atoms with E-state index in [1.807, 2.05) is 43.6 Å². The van der Waals surface area contributed by atoms with E-state index in [0.717, 1.165) is 36.9 Å². The van der Waals surface area contributed by atoms with Gasteiger partial charge in [0.2, 0.25) is 0 Å². The fourth-order valence-electron chi connectivity index (χ4n) is 3.03. The van der Waals surface area contributed by atoms with Crippen molar-refractivity contribution in [1.82, 2.24) is 25.2 Å². The van der Waals surface area contributed by atoms with Crippen LogP contribution in [-0.4, -0.2) is 46.6 Å². The van der Waals surface area contributed by atoms with Gasteiger partial charge in [-0.3, -0.25) is 4.90 Å². The third kappa shape index (κ3) is 4.29. The molecule has 1 unspecified atom stereocenters. The van der Waals surface area contributed by atoms with Crippen molar-refractivity contribution in [2.75, 3.05) is 26.7 Å². The highest BCUT2D eigenvalue weighted by atomic mass is 35.5. The van der Waals surface area contributed by atoms with E-state index in [1.54, 1.807) is 4.80 Å². The van der Waals surface area contributed by atoms with E-state index < -0.39 is 0 Å². The Morgan fingerprint density at radius 2 is 2.09 bits per heavy atom. The molecule has 22 heavy (non-hydrogen) atoms. The van der Waals surface area contributed by atoms with E-state index in [9.17, 15) is 0 Å². The first-order valence-corrected chi connectivity index (χ1v) is 7.69. The second-order valence-corrected chi connectivity index (χ2v) is 5.76. The minimum atomic E-state index is 0. The van der Waals surface area contributed by atoms with Gasteiger partial charge in [0.05, 0.1) is 17.6 Å². The molecule has 0 aliphatic carbocycles. The summed E-state index contributed by atoms with van der Waals surface area (Å²) in [5, 5.41) is 12.3. The van der Waals surface area contributed by atoms with Gasteiger partial charge in [0, 0.05) is 13.1 Å². The second kappa shape index (κ2) is 8.27. The van der Waals surface area contributed by atoms with E-state index in [4.69, 9.17) is 0 Å². The number of likely N-dealkylation sites (tertiary alicyclic amines) is 1. The predicted molar refractivity (Wildman–Crippen MR) is 90.5 cm³/mol. The topological polar surface area (TPSA) is 46.0 Å². The molecule has 1 saturated heterocycles. The van der Waals surface area contributed by atoms with Crippen molar-refractivity contribution in [2.45, 2.75) is 19.4 Å². The molecular weight excluding hydrogens is 298 g/mol. The fraction of sp³-hybridized carbons (Fsp3) is 0.500. The Balaban J connectivity index is 0.00000176. The van der Waals surface area contributed by atoms with Crippen molar-refractivity contribution in [1.29, 1.82) is 0 Å². The molecular formula is C16H24ClN5. The molecule has 0 amide bonds. The Kier molecular flexibility index (Phi) is 6.36. The summed E-state index contributed by atoms with van der Waals surface area (Å²) >= 11 is 0. The summed E-state index contributed by atoms with van der Waals surface area (Å²) in [4.78, 5) is 4.20. The average Bonchev–Trinajstić information content (AvgIpc) is 2.97. The smallest absolute Gasteiger partial charge is 0.0971 e. The largest absolute Gasteiger partial charge is 0.319 e. The van der Waals surface area contributed by atoms with Gasteiger partial charge in [-0.25, -0.2) is 0 Å². The van der Waals surface area contributed by atoms with Crippen LogP contribution in [0.2, 0.25) is 0 Å². The number of nitrogens with zero attached hydrogens (tertiary/aromatic N) is 4. The quantitative estimate of drug-likeness (QED) is 0.916. The number of halogens is 1. The molecule has 0 spiro atoms. The van der Waals surface area contributed by atoms with Gasteiger partial charge < -0.3 is 5.32 Å². The molecule has 6 heteroatoms. The highest BCUT2D eigenvalue weighted by molar-refractivity contribution is 5.85. The fourth-order valence-corrected chi connectivity index (χ4v) is 3.03. The summed E-state index contributed by atoms with van der Waals surface area (Å²) in [7, 11) is 2.03. The van der Waals surface area contributed by atoms with Crippen LogP contribution in [0.3, 0.4) is 0 Å². The molecule has 1 aliphatic rings. The molecule has 0 bridgehead atoms. The number of rotatable bonds is 5. The maximum atomic E-state index is 4.59. The lowest BCUT2D eigenvalue weighted by Crippen LogP contribution is -2.38. The van der Waals surface area contributed by atoms with Crippen LogP contribution in [0, 0.1) is 5.92 Å². The van der Waals surface area contributed by atoms with Gasteiger partial charge >= 0.3 is 0 Å². The zero-order valence-corrected chi connectivity index (χ0v) is 13.8. The molecule has 1 aliphatic heterocycles. The molecule has 1 aromatic heterocycles. The Morgan fingerprint density at radius 1 is 1.27 bits per heavy atom. The van der Waals surface area contributed by atoms with Gasteiger partial charge in [-0.2, -0.15) is 15.0 Å². The van der Waals surface area contributed by atoms with Gasteiger partial charge in [0.1, 0.15) is 0 Å². The minimum Gasteiger partial charge on any atom is -0.319 e. The van der Waals surface area contributed by atoms with Crippen LogP contribution in [0.4, 0.5) is 0 Å². The first-order chi connectivity index (χ1) is 10.3. The molecule has 1 fully saturated rings. The number of aromatic nitrogens is 3. The third-order valence-corrected chi connectivity index (χ3v) is 4.01. The van der Waals surface area contributed by atoms with Gasteiger partial charge in [-0.15, -0.1) is 12.4 Å². The van der Waals surface area contributed by atoms with E-state index in [0.29, 0.717) is 0 Å². The molecule has 120 valence electrons. The first-order valence-electron chi connectivity index (χ1n) is 7.69. The van der Waals surface area contributed by atoms with Crippen molar-refractivity contribution >= 4 is 12.4 Å². The number of piperidine rings is 1. The lowest BCUT2D eigenvalue weighted by molar-refractivity contribution is 0.165. The summed E-state index contributed by atoms with van der Waals surface area (Å²) < 4.78 is 0. The molecule has 1 N–H and O–H groups in total. The predicted octanol–water partition coefficient (Wildman–Crippen LogP) is 2.12. The van der Waals surface area contributed by atoms with E-state index in [-0.39, 0.29) is 12.4 Å². The van der Waals surface area contributed by atoms with Crippen molar-refractivity contribution in [2.24, 2.45) is 5.92 Å². The number of para-hydroxylation sites is 1. The lowest BCUT2D eigenvalue weighted by Gasteiger charge is -2.31. The van der Waals surface area contributed by atoms with Crippen LogP contribution >= 0.6 is 12.4 Å². The van der Waals surface area contributed by atoms with Gasteiger partial charge in [0.25, 0.3) is 0 Å². The number of hydrogen-bond donors (Lipinski definition) is 1. The number of benzene rings is 1. The van der Waals surface area contributed by atoms with Crippen molar-refractivity contribution in [3.05, 3.63) is 42.2 Å². The summed E-state index contributed by atoms with van der Waals surface area (Å²) in [6, 6.07) is 10.1. The standard InChI is InChI=1S/C16H23N5.ClH/c1-17-10-14-6-5-9-20(12-14)13-15-11-18-21(19-15)16-7-3-2-4-8-16;/h2-4,7-8,11,14,17H,5-6,9-10,12-13H2,1H3;1H. The van der Waals surface area contributed by atoms with Crippen LogP contribution in [0.25, 0.3) is 5.69 Å². The molecule has 2 heterocycles. The maximum Gasteiger partial charge on any atom is 0.0971 e. The Hall–Kier alpha value is -1.43. The van der Waals surface area contributed by atoms with Crippen LogP contribution in [0.15, 0.2) is 36.5 Å². The third-order valence-electron chi connectivity index (χ3n) is 4.01. The molecule has 1 atom stereocenters. The van der Waals surface area contributed by atoms with Crippen molar-refractivity contribution in [3.8, 4) is 5.69 Å². The molecule has 3 rings (SSSR count). The van der Waals surface area contributed by atoms with Crippen molar-refractivity contribution in [3.63, 3.8) is 0 Å². The van der Waals surface area contributed by atoms with Crippen LogP contribution in [0.5, 0.6) is 0 Å². The normalized spacial score (nSPS) is 18.9. The molecule has 0 radical (unpaired) electrons. The lowest BCUT2D eigenvalue weighted by atomic mass is 9.98. The summed E-state index contributed by atoms with van der Waals surface area (Å²) in [6.45, 7) is 4.32. The average molecular weight is 322 g/mol. The summed E-state index contributed by atoms with van der Waals surface area (Å²) in [6.07, 6.45) is 4.49. The van der Waals surface area contributed by atoms with Gasteiger partial charge in [0.15, 0.2) is 0 Å². The zero-order chi connectivity index (χ0) is 14.5. The molecule has 0 saturated carbocycles. The SMILES string of the molecule is CNCC1CCCN(Cc2cnn(-c3ccccc3)n2)C1.Cl. The minimum absolute atomic E-state index is 0.